The van der Waals surface area contributed by atoms with Crippen molar-refractivity contribution in [2.45, 2.75) is 20.8 Å². The molecule has 0 rings (SSSR count). The van der Waals surface area contributed by atoms with E-state index in [4.69, 9.17) is 0 Å². The van der Waals surface area contributed by atoms with E-state index < -0.39 is 0 Å². The zero-order chi connectivity index (χ0) is 7.49. The topological polar surface area (TPSA) is 0 Å². The third-order valence-corrected chi connectivity index (χ3v) is 4.33. The van der Waals surface area contributed by atoms with Gasteiger partial charge in [0.2, 0.25) is 0 Å². The predicted molar refractivity (Wildman–Crippen MR) is 50.5 cm³/mol. The average molecular weight is 258 g/mol. The molecule has 0 saturated carbocycles. The van der Waals surface area contributed by atoms with Crippen LogP contribution in [0.3, 0.4) is 0 Å². The van der Waals surface area contributed by atoms with Crippen molar-refractivity contribution in [3.63, 3.8) is 0 Å². The predicted octanol–water partition coefficient (Wildman–Crippen LogP) is 3.44. The van der Waals surface area contributed by atoms with E-state index in [0.717, 1.165) is 16.6 Å². The summed E-state index contributed by atoms with van der Waals surface area (Å²) in [6.45, 7) is 6.80. The Hall–Kier alpha value is 0.960. The minimum absolute atomic E-state index is 0.420. The normalized spacial score (nSPS) is 15.7. The molecule has 0 aliphatic carbocycles. The molecule has 0 nitrogen and oxygen atoms in total. The van der Waals surface area contributed by atoms with Crippen molar-refractivity contribution in [2.75, 3.05) is 10.7 Å². The summed E-state index contributed by atoms with van der Waals surface area (Å²) in [4.78, 5) is 0. The third kappa shape index (κ3) is 3.03. The van der Waals surface area contributed by atoms with Crippen molar-refractivity contribution < 1.29 is 0 Å². The Labute approximate surface area is 74.7 Å². The number of hydrogen-bond acceptors (Lipinski definition) is 0. The molecular weight excluding hydrogens is 244 g/mol. The average Bonchev–Trinajstić information content (AvgIpc) is 1.86. The van der Waals surface area contributed by atoms with Gasteiger partial charge in [0, 0.05) is 10.7 Å². The van der Waals surface area contributed by atoms with E-state index in [2.05, 4.69) is 52.6 Å². The number of halogens is 2. The van der Waals surface area contributed by atoms with Crippen LogP contribution < -0.4 is 0 Å². The van der Waals surface area contributed by atoms with Crippen molar-refractivity contribution in [1.29, 1.82) is 0 Å². The minimum Gasteiger partial charge on any atom is -0.0925 e. The highest BCUT2D eigenvalue weighted by molar-refractivity contribution is 9.09. The summed E-state index contributed by atoms with van der Waals surface area (Å²) in [6, 6.07) is 0. The van der Waals surface area contributed by atoms with Crippen molar-refractivity contribution >= 4 is 31.9 Å². The molecule has 0 N–H and O–H groups in total. The second kappa shape index (κ2) is 3.97. The molecule has 2 heteroatoms. The molecule has 0 aromatic heterocycles. The van der Waals surface area contributed by atoms with E-state index in [9.17, 15) is 0 Å². The van der Waals surface area contributed by atoms with Crippen LogP contribution in [0.4, 0.5) is 0 Å². The first-order valence-corrected chi connectivity index (χ1v) is 5.41. The van der Waals surface area contributed by atoms with E-state index in [1.54, 1.807) is 0 Å². The van der Waals surface area contributed by atoms with Gasteiger partial charge in [-0.3, -0.25) is 0 Å². The highest BCUT2D eigenvalue weighted by atomic mass is 79.9. The maximum Gasteiger partial charge on any atom is 0.00855 e. The largest absolute Gasteiger partial charge is 0.0925 e. The molecule has 0 amide bonds. The molecule has 0 aliphatic heterocycles. The lowest BCUT2D eigenvalue weighted by molar-refractivity contribution is 0.300. The number of hydrogen-bond donors (Lipinski definition) is 0. The fraction of sp³-hybridized carbons (Fsp3) is 1.00. The molecular formula is C7H14Br2. The van der Waals surface area contributed by atoms with Gasteiger partial charge in [-0.1, -0.05) is 52.6 Å². The summed E-state index contributed by atoms with van der Waals surface area (Å²) in [5.41, 5.74) is 0.420. The Morgan fingerprint density at radius 2 is 1.78 bits per heavy atom. The number of alkyl halides is 2. The van der Waals surface area contributed by atoms with Gasteiger partial charge in [-0.15, -0.1) is 0 Å². The van der Waals surface area contributed by atoms with Gasteiger partial charge in [0.1, 0.15) is 0 Å². The second-order valence-electron chi connectivity index (χ2n) is 3.18. The summed E-state index contributed by atoms with van der Waals surface area (Å²) in [5.74, 6) is 0.733. The van der Waals surface area contributed by atoms with Crippen LogP contribution >= 0.6 is 31.9 Å². The van der Waals surface area contributed by atoms with Gasteiger partial charge in [0.15, 0.2) is 0 Å². The molecule has 0 aromatic carbocycles. The summed E-state index contributed by atoms with van der Waals surface area (Å²) in [6.07, 6.45) is 0. The summed E-state index contributed by atoms with van der Waals surface area (Å²) in [5, 5.41) is 2.17. The quantitative estimate of drug-likeness (QED) is 0.680. The van der Waals surface area contributed by atoms with Crippen molar-refractivity contribution in [3.05, 3.63) is 0 Å². The molecule has 0 aromatic rings. The first-order chi connectivity index (χ1) is 4.04. The molecule has 0 radical (unpaired) electrons. The molecule has 0 heterocycles. The van der Waals surface area contributed by atoms with Gasteiger partial charge in [-0.05, 0) is 11.3 Å². The Kier molecular flexibility index (Phi) is 4.39. The van der Waals surface area contributed by atoms with Gasteiger partial charge in [0.05, 0.1) is 0 Å². The van der Waals surface area contributed by atoms with Gasteiger partial charge in [-0.25, -0.2) is 0 Å². The number of rotatable bonds is 3. The van der Waals surface area contributed by atoms with Crippen molar-refractivity contribution in [2.24, 2.45) is 11.3 Å². The van der Waals surface area contributed by atoms with E-state index in [-0.39, 0.29) is 0 Å². The third-order valence-electron chi connectivity index (χ3n) is 1.91. The van der Waals surface area contributed by atoms with Crippen LogP contribution in [0.5, 0.6) is 0 Å². The standard InChI is InChI=1S/C7H14Br2/c1-6(4-8)7(2,3)5-9/h6H,4-5H2,1-3H3. The molecule has 9 heavy (non-hydrogen) atoms. The molecule has 0 saturated heterocycles. The van der Waals surface area contributed by atoms with Crippen LogP contribution in [0, 0.1) is 11.3 Å². The monoisotopic (exact) mass is 256 g/mol. The lowest BCUT2D eigenvalue weighted by Crippen LogP contribution is -2.24. The Balaban J connectivity index is 3.80. The van der Waals surface area contributed by atoms with Gasteiger partial charge in [-0.2, -0.15) is 0 Å². The van der Waals surface area contributed by atoms with Gasteiger partial charge < -0.3 is 0 Å². The smallest absolute Gasteiger partial charge is 0.00855 e. The van der Waals surface area contributed by atoms with Crippen LogP contribution in [0.1, 0.15) is 20.8 Å². The molecule has 0 spiro atoms. The van der Waals surface area contributed by atoms with Crippen molar-refractivity contribution in [3.8, 4) is 0 Å². The highest BCUT2D eigenvalue weighted by Gasteiger charge is 2.22. The molecule has 1 atom stereocenters. The van der Waals surface area contributed by atoms with Crippen molar-refractivity contribution in [1.82, 2.24) is 0 Å². The lowest BCUT2D eigenvalue weighted by Gasteiger charge is -2.27. The summed E-state index contributed by atoms with van der Waals surface area (Å²) < 4.78 is 0. The maximum atomic E-state index is 3.49. The van der Waals surface area contributed by atoms with Crippen LogP contribution in [0.2, 0.25) is 0 Å². The van der Waals surface area contributed by atoms with E-state index in [0.29, 0.717) is 5.41 Å². The Bertz CT molecular complexity index is 79.0. The van der Waals surface area contributed by atoms with Gasteiger partial charge >= 0.3 is 0 Å². The molecule has 56 valence electrons. The fourth-order valence-electron chi connectivity index (χ4n) is 0.341. The van der Waals surface area contributed by atoms with E-state index in [1.165, 1.54) is 0 Å². The molecule has 1 unspecified atom stereocenters. The summed E-state index contributed by atoms with van der Waals surface area (Å²) in [7, 11) is 0. The van der Waals surface area contributed by atoms with Gasteiger partial charge in [0.25, 0.3) is 0 Å². The van der Waals surface area contributed by atoms with Crippen LogP contribution in [0.15, 0.2) is 0 Å². The SMILES string of the molecule is CC(CBr)C(C)(C)CBr. The van der Waals surface area contributed by atoms with E-state index in [1.807, 2.05) is 0 Å². The first kappa shape index (κ1) is 9.96. The first-order valence-electron chi connectivity index (χ1n) is 3.16. The molecule has 0 fully saturated rings. The molecule has 0 bridgehead atoms. The maximum absolute atomic E-state index is 3.49. The van der Waals surface area contributed by atoms with Crippen LogP contribution in [0.25, 0.3) is 0 Å². The lowest BCUT2D eigenvalue weighted by atomic mass is 9.83. The summed E-state index contributed by atoms with van der Waals surface area (Å²) >= 11 is 6.96. The Morgan fingerprint density at radius 3 is 1.89 bits per heavy atom. The molecule has 0 aliphatic rings. The van der Waals surface area contributed by atoms with E-state index >= 15 is 0 Å². The highest BCUT2D eigenvalue weighted by Crippen LogP contribution is 2.29. The van der Waals surface area contributed by atoms with Crippen LogP contribution in [-0.2, 0) is 0 Å². The fourth-order valence-corrected chi connectivity index (χ4v) is 1.77. The minimum atomic E-state index is 0.420. The second-order valence-corrected chi connectivity index (χ2v) is 4.39. The Morgan fingerprint density at radius 1 is 1.33 bits per heavy atom. The zero-order valence-electron chi connectivity index (χ0n) is 6.25. The van der Waals surface area contributed by atoms with Crippen LogP contribution in [-0.4, -0.2) is 10.7 Å². The zero-order valence-corrected chi connectivity index (χ0v) is 9.42.